The summed E-state index contributed by atoms with van der Waals surface area (Å²) in [6.45, 7) is 2.03. The van der Waals surface area contributed by atoms with Crippen LogP contribution in [0.5, 0.6) is 0 Å². The Morgan fingerprint density at radius 1 is 1.47 bits per heavy atom. The second-order valence-corrected chi connectivity index (χ2v) is 4.27. The van der Waals surface area contributed by atoms with E-state index in [0.29, 0.717) is 19.1 Å². The minimum atomic E-state index is -0.482. The van der Waals surface area contributed by atoms with Gasteiger partial charge in [-0.3, -0.25) is 4.79 Å². The molecule has 1 aromatic carbocycles. The maximum atomic E-state index is 13.3. The zero-order valence-electron chi connectivity index (χ0n) is 9.62. The van der Waals surface area contributed by atoms with Crippen LogP contribution in [0.25, 0.3) is 0 Å². The highest BCUT2D eigenvalue weighted by atomic mass is 19.1. The van der Waals surface area contributed by atoms with Gasteiger partial charge in [-0.1, -0.05) is 12.1 Å². The predicted molar refractivity (Wildman–Crippen MR) is 62.3 cm³/mol. The molecule has 4 heteroatoms. The molecule has 0 radical (unpaired) electrons. The normalized spacial score (nSPS) is 19.9. The van der Waals surface area contributed by atoms with Crippen LogP contribution in [-0.4, -0.2) is 25.7 Å². The maximum absolute atomic E-state index is 13.3. The van der Waals surface area contributed by atoms with Gasteiger partial charge in [0.25, 0.3) is 5.91 Å². The zero-order chi connectivity index (χ0) is 12.1. The number of ether oxygens (including phenoxy) is 1. The van der Waals surface area contributed by atoms with Crippen molar-refractivity contribution in [3.8, 4) is 0 Å². The molecule has 1 aliphatic rings. The summed E-state index contributed by atoms with van der Waals surface area (Å²) < 4.78 is 18.6. The summed E-state index contributed by atoms with van der Waals surface area (Å²) in [4.78, 5) is 11.7. The SMILES string of the molecule is O=C(NCC1CCCOC1)c1ccccc1F. The largest absolute Gasteiger partial charge is 0.381 e. The van der Waals surface area contributed by atoms with E-state index >= 15 is 0 Å². The molecule has 0 spiro atoms. The third kappa shape index (κ3) is 3.27. The molecular weight excluding hydrogens is 221 g/mol. The van der Waals surface area contributed by atoms with Crippen LogP contribution in [0.3, 0.4) is 0 Å². The average molecular weight is 237 g/mol. The Hall–Kier alpha value is -1.42. The van der Waals surface area contributed by atoms with Gasteiger partial charge in [-0.15, -0.1) is 0 Å². The van der Waals surface area contributed by atoms with Crippen LogP contribution in [-0.2, 0) is 4.74 Å². The number of rotatable bonds is 3. The number of halogens is 1. The number of hydrogen-bond acceptors (Lipinski definition) is 2. The quantitative estimate of drug-likeness (QED) is 0.873. The van der Waals surface area contributed by atoms with Gasteiger partial charge in [0.15, 0.2) is 0 Å². The molecule has 1 aliphatic heterocycles. The number of carbonyl (C=O) groups is 1. The van der Waals surface area contributed by atoms with Crippen molar-refractivity contribution in [2.24, 2.45) is 5.92 Å². The van der Waals surface area contributed by atoms with Crippen LogP contribution in [0.4, 0.5) is 4.39 Å². The van der Waals surface area contributed by atoms with Crippen LogP contribution < -0.4 is 5.32 Å². The van der Waals surface area contributed by atoms with Crippen LogP contribution in [0.2, 0.25) is 0 Å². The number of amides is 1. The molecule has 3 nitrogen and oxygen atoms in total. The van der Waals surface area contributed by atoms with Gasteiger partial charge in [-0.05, 0) is 30.9 Å². The first kappa shape index (κ1) is 12.0. The lowest BCUT2D eigenvalue weighted by Crippen LogP contribution is -2.33. The van der Waals surface area contributed by atoms with E-state index in [1.54, 1.807) is 12.1 Å². The summed E-state index contributed by atoms with van der Waals surface area (Å²) in [6.07, 6.45) is 2.08. The smallest absolute Gasteiger partial charge is 0.254 e. The molecule has 92 valence electrons. The Morgan fingerprint density at radius 3 is 3.00 bits per heavy atom. The fourth-order valence-electron chi connectivity index (χ4n) is 1.95. The molecule has 1 N–H and O–H groups in total. The standard InChI is InChI=1S/C13H16FNO2/c14-12-6-2-1-5-11(12)13(16)15-8-10-4-3-7-17-9-10/h1-2,5-6,10H,3-4,7-9H2,(H,15,16). The summed E-state index contributed by atoms with van der Waals surface area (Å²) in [6, 6.07) is 6.00. The molecule has 0 saturated carbocycles. The molecule has 1 fully saturated rings. The van der Waals surface area contributed by atoms with Gasteiger partial charge in [0.1, 0.15) is 5.82 Å². The zero-order valence-corrected chi connectivity index (χ0v) is 9.62. The van der Waals surface area contributed by atoms with Gasteiger partial charge in [0.05, 0.1) is 12.2 Å². The Labute approximate surface area is 100.0 Å². The van der Waals surface area contributed by atoms with Crippen LogP contribution >= 0.6 is 0 Å². The van der Waals surface area contributed by atoms with E-state index < -0.39 is 5.82 Å². The van der Waals surface area contributed by atoms with Crippen molar-refractivity contribution < 1.29 is 13.9 Å². The van der Waals surface area contributed by atoms with E-state index in [4.69, 9.17) is 4.74 Å². The molecule has 1 amide bonds. The van der Waals surface area contributed by atoms with E-state index in [9.17, 15) is 9.18 Å². The molecule has 1 unspecified atom stereocenters. The van der Waals surface area contributed by atoms with Crippen LogP contribution in [0.15, 0.2) is 24.3 Å². The minimum absolute atomic E-state index is 0.101. The average Bonchev–Trinajstić information content (AvgIpc) is 2.38. The molecule has 2 rings (SSSR count). The van der Waals surface area contributed by atoms with Crippen molar-refractivity contribution >= 4 is 5.91 Å². The highest BCUT2D eigenvalue weighted by molar-refractivity contribution is 5.94. The molecule has 0 aliphatic carbocycles. The fourth-order valence-corrected chi connectivity index (χ4v) is 1.95. The Balaban J connectivity index is 1.87. The number of hydrogen-bond donors (Lipinski definition) is 1. The summed E-state index contributed by atoms with van der Waals surface area (Å²) >= 11 is 0. The second-order valence-electron chi connectivity index (χ2n) is 4.27. The van der Waals surface area contributed by atoms with Gasteiger partial charge >= 0.3 is 0 Å². The fraction of sp³-hybridized carbons (Fsp3) is 0.462. The molecule has 0 bridgehead atoms. The molecule has 0 aromatic heterocycles. The molecule has 1 heterocycles. The van der Waals surface area contributed by atoms with Crippen molar-refractivity contribution in [2.75, 3.05) is 19.8 Å². The van der Waals surface area contributed by atoms with Crippen molar-refractivity contribution in [3.05, 3.63) is 35.6 Å². The molecule has 1 saturated heterocycles. The lowest BCUT2D eigenvalue weighted by molar-refractivity contribution is 0.0536. The Bertz CT molecular complexity index is 389. The summed E-state index contributed by atoms with van der Waals surface area (Å²) in [5.74, 6) is -0.488. The second kappa shape index (κ2) is 5.77. The lowest BCUT2D eigenvalue weighted by Gasteiger charge is -2.22. The van der Waals surface area contributed by atoms with E-state index in [-0.39, 0.29) is 11.5 Å². The summed E-state index contributed by atoms with van der Waals surface area (Å²) in [5, 5.41) is 2.75. The highest BCUT2D eigenvalue weighted by Crippen LogP contribution is 2.13. The van der Waals surface area contributed by atoms with Gasteiger partial charge in [-0.25, -0.2) is 4.39 Å². The molecular formula is C13H16FNO2. The van der Waals surface area contributed by atoms with Crippen LogP contribution in [0, 0.1) is 11.7 Å². The van der Waals surface area contributed by atoms with Crippen molar-refractivity contribution in [3.63, 3.8) is 0 Å². The van der Waals surface area contributed by atoms with Crippen LogP contribution in [0.1, 0.15) is 23.2 Å². The van der Waals surface area contributed by atoms with Gasteiger partial charge < -0.3 is 10.1 Å². The molecule has 1 atom stereocenters. The topological polar surface area (TPSA) is 38.3 Å². The third-order valence-electron chi connectivity index (χ3n) is 2.92. The van der Waals surface area contributed by atoms with Crippen molar-refractivity contribution in [1.82, 2.24) is 5.32 Å². The highest BCUT2D eigenvalue weighted by Gasteiger charge is 2.16. The molecule has 1 aromatic rings. The van der Waals surface area contributed by atoms with Crippen molar-refractivity contribution in [1.29, 1.82) is 0 Å². The molecule has 17 heavy (non-hydrogen) atoms. The Kier molecular flexibility index (Phi) is 4.09. The summed E-state index contributed by atoms with van der Waals surface area (Å²) in [5.41, 5.74) is 0.101. The summed E-state index contributed by atoms with van der Waals surface area (Å²) in [7, 11) is 0. The maximum Gasteiger partial charge on any atom is 0.254 e. The van der Waals surface area contributed by atoms with E-state index in [1.807, 2.05) is 0 Å². The number of benzene rings is 1. The minimum Gasteiger partial charge on any atom is -0.381 e. The number of nitrogens with one attached hydrogen (secondary N) is 1. The lowest BCUT2D eigenvalue weighted by atomic mass is 10.0. The number of carbonyl (C=O) groups excluding carboxylic acids is 1. The van der Waals surface area contributed by atoms with Gasteiger partial charge in [-0.2, -0.15) is 0 Å². The van der Waals surface area contributed by atoms with E-state index in [1.165, 1.54) is 12.1 Å². The van der Waals surface area contributed by atoms with Gasteiger partial charge in [0, 0.05) is 13.2 Å². The predicted octanol–water partition coefficient (Wildman–Crippen LogP) is 1.98. The monoisotopic (exact) mass is 237 g/mol. The van der Waals surface area contributed by atoms with E-state index in [2.05, 4.69) is 5.32 Å². The Morgan fingerprint density at radius 2 is 2.29 bits per heavy atom. The van der Waals surface area contributed by atoms with Gasteiger partial charge in [0.2, 0.25) is 0 Å². The van der Waals surface area contributed by atoms with Crippen molar-refractivity contribution in [2.45, 2.75) is 12.8 Å². The van der Waals surface area contributed by atoms with E-state index in [0.717, 1.165) is 19.4 Å². The first-order valence-corrected chi connectivity index (χ1v) is 5.88. The first-order chi connectivity index (χ1) is 8.27. The third-order valence-corrected chi connectivity index (χ3v) is 2.92. The first-order valence-electron chi connectivity index (χ1n) is 5.88.